The molecular weight excluding hydrogens is 283 g/mol. The number of halogens is 2. The summed E-state index contributed by atoms with van der Waals surface area (Å²) in [6.07, 6.45) is 3.99. The highest BCUT2D eigenvalue weighted by Gasteiger charge is 2.02. The molecule has 1 aromatic rings. The Bertz CT molecular complexity index is 439. The highest BCUT2D eigenvalue weighted by Crippen LogP contribution is 2.25. The van der Waals surface area contributed by atoms with Gasteiger partial charge in [-0.1, -0.05) is 29.3 Å². The maximum Gasteiger partial charge on any atom is 0.244 e. The number of hydrogen-bond donors (Lipinski definition) is 1. The molecule has 0 saturated heterocycles. The van der Waals surface area contributed by atoms with Crippen molar-refractivity contribution in [2.45, 2.75) is 6.42 Å². The van der Waals surface area contributed by atoms with Gasteiger partial charge >= 0.3 is 0 Å². The number of nitrogens with one attached hydrogen (secondary N) is 1. The molecule has 5 heteroatoms. The lowest BCUT2D eigenvalue weighted by atomic mass is 10.2. The summed E-state index contributed by atoms with van der Waals surface area (Å²) in [6.45, 7) is 1.60. The molecule has 0 aliphatic carbocycles. The molecular formula is C14H18Cl2N2O. The van der Waals surface area contributed by atoms with Gasteiger partial charge in [0, 0.05) is 28.2 Å². The molecule has 0 atom stereocenters. The Morgan fingerprint density at radius 1 is 1.32 bits per heavy atom. The normalized spacial score (nSPS) is 11.2. The van der Waals surface area contributed by atoms with E-state index in [4.69, 9.17) is 23.2 Å². The van der Waals surface area contributed by atoms with Gasteiger partial charge in [0.05, 0.1) is 0 Å². The number of hydrogen-bond acceptors (Lipinski definition) is 2. The Hall–Kier alpha value is -1.03. The van der Waals surface area contributed by atoms with Crippen molar-refractivity contribution in [2.24, 2.45) is 0 Å². The minimum Gasteiger partial charge on any atom is -0.353 e. The second-order valence-corrected chi connectivity index (χ2v) is 5.23. The average Bonchev–Trinajstić information content (AvgIpc) is 2.34. The fraction of sp³-hybridized carbons (Fsp3) is 0.357. The van der Waals surface area contributed by atoms with Gasteiger partial charge in [-0.25, -0.2) is 0 Å². The minimum absolute atomic E-state index is 0.144. The van der Waals surface area contributed by atoms with Crippen LogP contribution in [0.25, 0.3) is 6.08 Å². The summed E-state index contributed by atoms with van der Waals surface area (Å²) in [6, 6.07) is 5.24. The van der Waals surface area contributed by atoms with Gasteiger partial charge < -0.3 is 10.2 Å². The Morgan fingerprint density at radius 2 is 1.95 bits per heavy atom. The zero-order chi connectivity index (χ0) is 14.3. The third kappa shape index (κ3) is 6.10. The fourth-order valence-electron chi connectivity index (χ4n) is 1.49. The van der Waals surface area contributed by atoms with Crippen molar-refractivity contribution in [3.63, 3.8) is 0 Å². The fourth-order valence-corrected chi connectivity index (χ4v) is 2.02. The first kappa shape index (κ1) is 16.0. The van der Waals surface area contributed by atoms with E-state index in [2.05, 4.69) is 10.2 Å². The third-order valence-electron chi connectivity index (χ3n) is 2.48. The maximum atomic E-state index is 11.6. The van der Waals surface area contributed by atoms with E-state index in [1.165, 1.54) is 6.08 Å². The Kier molecular flexibility index (Phi) is 6.92. The second kappa shape index (κ2) is 8.20. The van der Waals surface area contributed by atoms with Gasteiger partial charge in [0.15, 0.2) is 0 Å². The second-order valence-electron chi connectivity index (χ2n) is 4.42. The Balaban J connectivity index is 2.46. The molecule has 0 aliphatic rings. The van der Waals surface area contributed by atoms with E-state index in [9.17, 15) is 4.79 Å². The molecule has 0 aromatic heterocycles. The number of carbonyl (C=O) groups excluding carboxylic acids is 1. The van der Waals surface area contributed by atoms with Crippen LogP contribution in [0.2, 0.25) is 10.0 Å². The molecule has 0 aliphatic heterocycles. The van der Waals surface area contributed by atoms with Gasteiger partial charge in [0.25, 0.3) is 0 Å². The zero-order valence-corrected chi connectivity index (χ0v) is 12.6. The number of amides is 1. The van der Waals surface area contributed by atoms with Gasteiger partial charge in [0.2, 0.25) is 5.91 Å². The van der Waals surface area contributed by atoms with Gasteiger partial charge in [-0.3, -0.25) is 4.79 Å². The van der Waals surface area contributed by atoms with Gasteiger partial charge in [-0.15, -0.1) is 0 Å². The highest BCUT2D eigenvalue weighted by molar-refractivity contribution is 6.37. The lowest BCUT2D eigenvalue weighted by Gasteiger charge is -2.08. The lowest BCUT2D eigenvalue weighted by Crippen LogP contribution is -2.25. The Morgan fingerprint density at radius 3 is 2.53 bits per heavy atom. The van der Waals surface area contributed by atoms with Gasteiger partial charge in [0.1, 0.15) is 0 Å². The first-order valence-electron chi connectivity index (χ1n) is 6.05. The van der Waals surface area contributed by atoms with Crippen LogP contribution in [0.1, 0.15) is 12.0 Å². The van der Waals surface area contributed by atoms with Gasteiger partial charge in [-0.05, 0) is 45.3 Å². The lowest BCUT2D eigenvalue weighted by molar-refractivity contribution is -0.116. The molecule has 0 fully saturated rings. The van der Waals surface area contributed by atoms with E-state index in [0.29, 0.717) is 22.2 Å². The van der Waals surface area contributed by atoms with Crippen LogP contribution in [0.15, 0.2) is 24.3 Å². The summed E-state index contributed by atoms with van der Waals surface area (Å²) in [5.41, 5.74) is 0.661. The molecule has 0 spiro atoms. The summed E-state index contributed by atoms with van der Waals surface area (Å²) < 4.78 is 0. The molecule has 1 amide bonds. The van der Waals surface area contributed by atoms with Crippen LogP contribution in [-0.4, -0.2) is 38.0 Å². The molecule has 104 valence electrons. The number of rotatable bonds is 6. The third-order valence-corrected chi connectivity index (χ3v) is 3.14. The van der Waals surface area contributed by atoms with Crippen LogP contribution in [-0.2, 0) is 4.79 Å². The summed E-state index contributed by atoms with van der Waals surface area (Å²) >= 11 is 12.0. The average molecular weight is 301 g/mol. The molecule has 0 heterocycles. The standard InChI is InChI=1S/C14H18Cl2N2O/c1-18(2)10-4-9-17-14(19)8-7-11-12(15)5-3-6-13(11)16/h3,5-8H,4,9-10H2,1-2H3,(H,17,19)/b8-7-. The van der Waals surface area contributed by atoms with Crippen molar-refractivity contribution in [2.75, 3.05) is 27.2 Å². The van der Waals surface area contributed by atoms with E-state index in [0.717, 1.165) is 13.0 Å². The molecule has 19 heavy (non-hydrogen) atoms. The van der Waals surface area contributed by atoms with E-state index in [-0.39, 0.29) is 5.91 Å². The van der Waals surface area contributed by atoms with E-state index in [1.807, 2.05) is 14.1 Å². The van der Waals surface area contributed by atoms with Crippen LogP contribution >= 0.6 is 23.2 Å². The first-order chi connectivity index (χ1) is 9.00. The van der Waals surface area contributed by atoms with Crippen LogP contribution in [0.3, 0.4) is 0 Å². The number of nitrogens with zero attached hydrogens (tertiary/aromatic N) is 1. The summed E-state index contributed by atoms with van der Waals surface area (Å²) in [5, 5.41) is 3.87. The summed E-state index contributed by atoms with van der Waals surface area (Å²) in [4.78, 5) is 13.7. The van der Waals surface area contributed by atoms with Crippen LogP contribution in [0.4, 0.5) is 0 Å². The summed E-state index contributed by atoms with van der Waals surface area (Å²) in [5.74, 6) is -0.144. The smallest absolute Gasteiger partial charge is 0.244 e. The molecule has 3 nitrogen and oxygen atoms in total. The molecule has 0 bridgehead atoms. The van der Waals surface area contributed by atoms with E-state index >= 15 is 0 Å². The number of carbonyl (C=O) groups is 1. The predicted octanol–water partition coefficient (Wildman–Crippen LogP) is 3.07. The van der Waals surface area contributed by atoms with E-state index < -0.39 is 0 Å². The van der Waals surface area contributed by atoms with Crippen molar-refractivity contribution < 1.29 is 4.79 Å². The summed E-state index contributed by atoms with van der Waals surface area (Å²) in [7, 11) is 4.00. The first-order valence-corrected chi connectivity index (χ1v) is 6.81. The molecule has 0 saturated carbocycles. The highest BCUT2D eigenvalue weighted by atomic mass is 35.5. The largest absolute Gasteiger partial charge is 0.353 e. The van der Waals surface area contributed by atoms with E-state index in [1.54, 1.807) is 24.3 Å². The van der Waals surface area contributed by atoms with Crippen molar-refractivity contribution in [1.29, 1.82) is 0 Å². The Labute approximate surface area is 124 Å². The van der Waals surface area contributed by atoms with Crippen molar-refractivity contribution in [3.8, 4) is 0 Å². The molecule has 0 radical (unpaired) electrons. The van der Waals surface area contributed by atoms with Crippen LogP contribution in [0, 0.1) is 0 Å². The van der Waals surface area contributed by atoms with Crippen molar-refractivity contribution >= 4 is 35.2 Å². The van der Waals surface area contributed by atoms with Gasteiger partial charge in [-0.2, -0.15) is 0 Å². The van der Waals surface area contributed by atoms with Crippen LogP contribution in [0.5, 0.6) is 0 Å². The molecule has 0 unspecified atom stereocenters. The van der Waals surface area contributed by atoms with Crippen molar-refractivity contribution in [1.82, 2.24) is 10.2 Å². The van der Waals surface area contributed by atoms with Crippen LogP contribution < -0.4 is 5.32 Å². The minimum atomic E-state index is -0.144. The predicted molar refractivity (Wildman–Crippen MR) is 81.7 cm³/mol. The monoisotopic (exact) mass is 300 g/mol. The molecule has 1 aromatic carbocycles. The SMILES string of the molecule is CN(C)CCCNC(=O)/C=C\c1c(Cl)cccc1Cl. The molecule has 1 N–H and O–H groups in total. The van der Waals surface area contributed by atoms with Crippen molar-refractivity contribution in [3.05, 3.63) is 39.9 Å². The quantitative estimate of drug-likeness (QED) is 0.647. The number of benzene rings is 1. The topological polar surface area (TPSA) is 32.3 Å². The maximum absolute atomic E-state index is 11.6. The molecule has 1 rings (SSSR count). The zero-order valence-electron chi connectivity index (χ0n) is 11.1.